The Morgan fingerprint density at radius 3 is 2.46 bits per heavy atom. The van der Waals surface area contributed by atoms with Gasteiger partial charge in [-0.05, 0) is 105 Å². The molecule has 0 spiro atoms. The van der Waals surface area contributed by atoms with E-state index in [9.17, 15) is 14.7 Å². The second kappa shape index (κ2) is 11.5. The molecule has 2 atom stereocenters. The summed E-state index contributed by atoms with van der Waals surface area (Å²) >= 11 is 5.82. The van der Waals surface area contributed by atoms with E-state index in [2.05, 4.69) is 38.1 Å². The van der Waals surface area contributed by atoms with Crippen molar-refractivity contribution in [1.82, 2.24) is 19.8 Å². The number of carboxylic acid groups (broad SMARTS) is 1. The Bertz CT molecular complexity index is 1610. The molecule has 41 heavy (non-hydrogen) atoms. The summed E-state index contributed by atoms with van der Waals surface area (Å²) in [4.78, 5) is 31.1. The summed E-state index contributed by atoms with van der Waals surface area (Å²) in [7, 11) is 0. The van der Waals surface area contributed by atoms with Crippen molar-refractivity contribution >= 4 is 34.9 Å². The molecule has 2 aromatic carbocycles. The molecule has 3 N–H and O–H groups in total. The minimum Gasteiger partial charge on any atom is -0.478 e. The normalized spacial score (nSPS) is 16.5. The number of anilines is 1. The van der Waals surface area contributed by atoms with Crippen LogP contribution in [0.15, 0.2) is 72.9 Å². The molecule has 3 heterocycles. The smallest absolute Gasteiger partial charge is 0.335 e. The zero-order valence-electron chi connectivity index (χ0n) is 23.5. The first-order chi connectivity index (χ1) is 19.6. The van der Waals surface area contributed by atoms with E-state index in [1.807, 2.05) is 69.3 Å². The lowest BCUT2D eigenvalue weighted by molar-refractivity contribution is -0.116. The number of hydrogen-bond donors (Lipinski definition) is 3. The Hall–Kier alpha value is -4.50. The van der Waals surface area contributed by atoms with Crippen LogP contribution < -0.4 is 10.6 Å². The first kappa shape index (κ1) is 28.0. The molecular formula is C32H33N5O3S. The third kappa shape index (κ3) is 5.71. The summed E-state index contributed by atoms with van der Waals surface area (Å²) in [6.45, 7) is 8.49. The molecule has 0 aliphatic carbocycles. The molecular weight excluding hydrogens is 534 g/mol. The molecule has 0 bridgehead atoms. The average Bonchev–Trinajstić information content (AvgIpc) is 3.44. The van der Waals surface area contributed by atoms with Gasteiger partial charge in [0.1, 0.15) is 0 Å². The van der Waals surface area contributed by atoms with E-state index in [4.69, 9.17) is 12.2 Å². The second-order valence-corrected chi connectivity index (χ2v) is 10.8. The highest BCUT2D eigenvalue weighted by atomic mass is 32.1. The van der Waals surface area contributed by atoms with Gasteiger partial charge in [-0.15, -0.1) is 0 Å². The molecule has 8 nitrogen and oxygen atoms in total. The number of thiocarbonyl (C=S) groups is 1. The molecule has 2 aromatic heterocycles. The molecule has 9 heteroatoms. The fourth-order valence-electron chi connectivity index (χ4n) is 5.53. The maximum Gasteiger partial charge on any atom is 0.335 e. The van der Waals surface area contributed by atoms with Crippen molar-refractivity contribution in [3.8, 4) is 5.69 Å². The number of carbonyl (C=O) groups excluding carboxylic acids is 1. The van der Waals surface area contributed by atoms with E-state index in [-0.39, 0.29) is 30.0 Å². The van der Waals surface area contributed by atoms with E-state index < -0.39 is 5.97 Å². The zero-order chi connectivity index (χ0) is 29.3. The predicted octanol–water partition coefficient (Wildman–Crippen LogP) is 5.81. The van der Waals surface area contributed by atoms with E-state index in [1.54, 1.807) is 18.3 Å². The lowest BCUT2D eigenvalue weighted by Crippen LogP contribution is -2.33. The van der Waals surface area contributed by atoms with Gasteiger partial charge in [0.2, 0.25) is 5.91 Å². The van der Waals surface area contributed by atoms with Crippen LogP contribution in [0.4, 0.5) is 5.69 Å². The highest BCUT2D eigenvalue weighted by Gasteiger charge is 2.41. The van der Waals surface area contributed by atoms with Gasteiger partial charge in [0.25, 0.3) is 0 Å². The van der Waals surface area contributed by atoms with Crippen molar-refractivity contribution in [1.29, 1.82) is 0 Å². The SMILES string of the molecule is Cc1ccc(C)c(NC(=O)CCN2C(=S)N[C@@H](c3ccccn3)[C@H]2c2cc(C)n(-c3ccc(C(=O)O)cc3)c2C)c1. The standard InChI is InChI=1S/C32H33N5O3S/c1-19-8-9-20(2)27(17-19)34-28(38)14-16-36-30(29(35-32(36)41)26-7-5-6-15-33-26)25-18-21(3)37(22(25)4)24-12-10-23(11-13-24)31(39)40/h5-13,15,17-18,29-30H,14,16H2,1-4H3,(H,34,38)(H,35,41)(H,39,40)/t29-,30+/m0/s1. The fraction of sp³-hybridized carbons (Fsp3) is 0.250. The van der Waals surface area contributed by atoms with Crippen LogP contribution in [0.1, 0.15) is 62.6 Å². The lowest BCUT2D eigenvalue weighted by atomic mass is 9.96. The van der Waals surface area contributed by atoms with Gasteiger partial charge < -0.3 is 25.2 Å². The maximum absolute atomic E-state index is 13.1. The number of carboxylic acids is 1. The molecule has 1 amide bonds. The van der Waals surface area contributed by atoms with Gasteiger partial charge in [0.05, 0.1) is 23.3 Å². The summed E-state index contributed by atoms with van der Waals surface area (Å²) in [6.07, 6.45) is 2.03. The average molecular weight is 568 g/mol. The zero-order valence-corrected chi connectivity index (χ0v) is 24.3. The number of aromatic carboxylic acids is 1. The topological polar surface area (TPSA) is 99.5 Å². The number of nitrogens with one attached hydrogen (secondary N) is 2. The number of rotatable bonds is 8. The monoisotopic (exact) mass is 567 g/mol. The van der Waals surface area contributed by atoms with Crippen LogP contribution in [0, 0.1) is 27.7 Å². The lowest BCUT2D eigenvalue weighted by Gasteiger charge is -2.28. The van der Waals surface area contributed by atoms with Crippen molar-refractivity contribution in [3.63, 3.8) is 0 Å². The molecule has 1 saturated heterocycles. The van der Waals surface area contributed by atoms with E-state index in [1.165, 1.54) is 0 Å². The molecule has 1 fully saturated rings. The fourth-order valence-corrected chi connectivity index (χ4v) is 5.86. The maximum atomic E-state index is 13.1. The minimum absolute atomic E-state index is 0.0782. The largest absolute Gasteiger partial charge is 0.478 e. The number of carbonyl (C=O) groups is 2. The minimum atomic E-state index is -0.959. The first-order valence-electron chi connectivity index (χ1n) is 13.5. The second-order valence-electron chi connectivity index (χ2n) is 10.5. The summed E-state index contributed by atoms with van der Waals surface area (Å²) in [6, 6.07) is 20.4. The van der Waals surface area contributed by atoms with Gasteiger partial charge >= 0.3 is 5.97 Å². The number of aryl methyl sites for hydroxylation is 3. The Kier molecular flexibility index (Phi) is 7.90. The van der Waals surface area contributed by atoms with E-state index in [0.717, 1.165) is 45.1 Å². The molecule has 1 aliphatic heterocycles. The predicted molar refractivity (Wildman–Crippen MR) is 164 cm³/mol. The molecule has 210 valence electrons. The van der Waals surface area contributed by atoms with Crippen molar-refractivity contribution in [2.75, 3.05) is 11.9 Å². The van der Waals surface area contributed by atoms with Gasteiger partial charge in [-0.2, -0.15) is 0 Å². The van der Waals surface area contributed by atoms with Crippen LogP contribution >= 0.6 is 12.2 Å². The van der Waals surface area contributed by atoms with Gasteiger partial charge in [0.15, 0.2) is 5.11 Å². The van der Waals surface area contributed by atoms with Crippen LogP contribution in [0.2, 0.25) is 0 Å². The van der Waals surface area contributed by atoms with E-state index in [0.29, 0.717) is 11.7 Å². The third-order valence-electron chi connectivity index (χ3n) is 7.61. The summed E-state index contributed by atoms with van der Waals surface area (Å²) in [5.41, 5.74) is 7.96. The number of aromatic nitrogens is 2. The Morgan fingerprint density at radius 2 is 1.78 bits per heavy atom. The number of benzene rings is 2. The Labute approximate surface area is 245 Å². The van der Waals surface area contributed by atoms with Crippen LogP contribution in [-0.2, 0) is 4.79 Å². The van der Waals surface area contributed by atoms with Gasteiger partial charge in [0, 0.05) is 41.9 Å². The van der Waals surface area contributed by atoms with Crippen LogP contribution in [-0.4, -0.2) is 43.1 Å². The number of nitrogens with zero attached hydrogens (tertiary/aromatic N) is 3. The molecule has 4 aromatic rings. The highest BCUT2D eigenvalue weighted by Crippen LogP contribution is 2.41. The number of hydrogen-bond acceptors (Lipinski definition) is 4. The number of pyridine rings is 1. The van der Waals surface area contributed by atoms with Crippen molar-refractivity contribution in [2.45, 2.75) is 46.2 Å². The van der Waals surface area contributed by atoms with Crippen LogP contribution in [0.3, 0.4) is 0 Å². The molecule has 0 unspecified atom stereocenters. The van der Waals surface area contributed by atoms with Crippen LogP contribution in [0.25, 0.3) is 5.69 Å². The van der Waals surface area contributed by atoms with Gasteiger partial charge in [-0.25, -0.2) is 4.79 Å². The number of amides is 1. The first-order valence-corrected chi connectivity index (χ1v) is 13.9. The van der Waals surface area contributed by atoms with Crippen molar-refractivity contribution < 1.29 is 14.7 Å². The molecule has 0 saturated carbocycles. The van der Waals surface area contributed by atoms with Gasteiger partial charge in [-0.3, -0.25) is 9.78 Å². The van der Waals surface area contributed by atoms with Gasteiger partial charge in [-0.1, -0.05) is 18.2 Å². The summed E-state index contributed by atoms with van der Waals surface area (Å²) < 4.78 is 2.11. The Morgan fingerprint density at radius 1 is 1.02 bits per heavy atom. The summed E-state index contributed by atoms with van der Waals surface area (Å²) in [5, 5.41) is 16.4. The summed E-state index contributed by atoms with van der Waals surface area (Å²) in [5.74, 6) is -1.04. The Balaban J connectivity index is 1.47. The molecule has 1 aliphatic rings. The third-order valence-corrected chi connectivity index (χ3v) is 7.96. The quantitative estimate of drug-likeness (QED) is 0.231. The van der Waals surface area contributed by atoms with Crippen molar-refractivity contribution in [2.24, 2.45) is 0 Å². The van der Waals surface area contributed by atoms with Crippen LogP contribution in [0.5, 0.6) is 0 Å². The molecule has 0 radical (unpaired) electrons. The van der Waals surface area contributed by atoms with E-state index >= 15 is 0 Å². The highest BCUT2D eigenvalue weighted by molar-refractivity contribution is 7.80. The van der Waals surface area contributed by atoms with Crippen molar-refractivity contribution in [3.05, 3.63) is 112 Å². The molecule has 5 rings (SSSR count).